The van der Waals surface area contributed by atoms with Crippen molar-refractivity contribution in [2.45, 2.75) is 45.9 Å². The Bertz CT molecular complexity index is 153. The van der Waals surface area contributed by atoms with E-state index in [1.54, 1.807) is 13.0 Å². The lowest BCUT2D eigenvalue weighted by molar-refractivity contribution is 0.0412. The number of ether oxygens (including phenoxy) is 1. The maximum atomic E-state index is 9.07. The van der Waals surface area contributed by atoms with Crippen LogP contribution >= 0.6 is 0 Å². The molecule has 0 heterocycles. The summed E-state index contributed by atoms with van der Waals surface area (Å²) in [5.41, 5.74) is 0. The highest BCUT2D eigenvalue weighted by molar-refractivity contribution is 6.10. The van der Waals surface area contributed by atoms with E-state index >= 15 is 0 Å². The Labute approximate surface area is 82.4 Å². The Morgan fingerprint density at radius 2 is 1.69 bits per heavy atom. The summed E-state index contributed by atoms with van der Waals surface area (Å²) in [5.74, 6) is 0.442. The summed E-state index contributed by atoms with van der Waals surface area (Å²) in [6.45, 7) is 7.98. The smallest absolute Gasteiger partial charge is 0.138 e. The molecule has 0 aliphatic heterocycles. The summed E-state index contributed by atoms with van der Waals surface area (Å²) in [6, 6.07) is 0.228. The second-order valence-corrected chi connectivity index (χ2v) is 4.02. The molecule has 76 valence electrons. The van der Waals surface area contributed by atoms with Gasteiger partial charge >= 0.3 is 0 Å². The Balaban J connectivity index is 4.10. The Kier molecular flexibility index (Phi) is 6.09. The van der Waals surface area contributed by atoms with Crippen molar-refractivity contribution in [3.05, 3.63) is 12.2 Å². The third-order valence-corrected chi connectivity index (χ3v) is 1.67. The van der Waals surface area contributed by atoms with Crippen LogP contribution in [0.2, 0.25) is 0 Å². The minimum atomic E-state index is -0.392. The van der Waals surface area contributed by atoms with E-state index < -0.39 is 6.10 Å². The molecule has 0 rings (SSSR count). The van der Waals surface area contributed by atoms with Gasteiger partial charge in [-0.05, 0) is 19.8 Å². The zero-order valence-electron chi connectivity index (χ0n) is 9.32. The summed E-state index contributed by atoms with van der Waals surface area (Å²) in [4.78, 5) is 0. The SMILES string of the molecule is BC(C)OC(/C=C/C(C)O)C(C)C. The fourth-order valence-electron chi connectivity index (χ4n) is 1.01. The van der Waals surface area contributed by atoms with E-state index in [-0.39, 0.29) is 12.1 Å². The van der Waals surface area contributed by atoms with Gasteiger partial charge in [0.05, 0.1) is 12.2 Å². The van der Waals surface area contributed by atoms with Crippen LogP contribution in [0.3, 0.4) is 0 Å². The van der Waals surface area contributed by atoms with Gasteiger partial charge in [0.25, 0.3) is 0 Å². The lowest BCUT2D eigenvalue weighted by Gasteiger charge is -2.21. The van der Waals surface area contributed by atoms with Crippen molar-refractivity contribution in [3.63, 3.8) is 0 Å². The maximum absolute atomic E-state index is 9.07. The van der Waals surface area contributed by atoms with Crippen LogP contribution in [0.5, 0.6) is 0 Å². The molecule has 3 atom stereocenters. The van der Waals surface area contributed by atoms with Crippen molar-refractivity contribution in [1.29, 1.82) is 0 Å². The number of hydrogen-bond donors (Lipinski definition) is 1. The number of aliphatic hydroxyl groups is 1. The van der Waals surface area contributed by atoms with Gasteiger partial charge in [-0.25, -0.2) is 0 Å². The molecule has 0 aliphatic rings. The van der Waals surface area contributed by atoms with Gasteiger partial charge in [-0.3, -0.25) is 0 Å². The average Bonchev–Trinajstić information content (AvgIpc) is 1.96. The second kappa shape index (κ2) is 6.22. The zero-order chi connectivity index (χ0) is 10.4. The van der Waals surface area contributed by atoms with Crippen molar-refractivity contribution in [2.75, 3.05) is 0 Å². The van der Waals surface area contributed by atoms with E-state index in [9.17, 15) is 0 Å². The lowest BCUT2D eigenvalue weighted by Crippen LogP contribution is -2.23. The molecule has 2 nitrogen and oxygen atoms in total. The Morgan fingerprint density at radius 3 is 2.00 bits per heavy atom. The second-order valence-electron chi connectivity index (χ2n) is 4.02. The predicted molar refractivity (Wildman–Crippen MR) is 58.5 cm³/mol. The van der Waals surface area contributed by atoms with Gasteiger partial charge < -0.3 is 9.84 Å². The molecule has 0 aliphatic carbocycles. The summed E-state index contributed by atoms with van der Waals surface area (Å²) < 4.78 is 5.66. The predicted octanol–water partition coefficient (Wildman–Crippen LogP) is 0.944. The van der Waals surface area contributed by atoms with Gasteiger partial charge in [-0.1, -0.05) is 26.0 Å². The van der Waals surface area contributed by atoms with Crippen LogP contribution in [0.1, 0.15) is 27.7 Å². The summed E-state index contributed by atoms with van der Waals surface area (Å²) in [5, 5.41) is 9.07. The Hall–Kier alpha value is -0.275. The van der Waals surface area contributed by atoms with Crippen LogP contribution in [-0.2, 0) is 4.74 Å². The van der Waals surface area contributed by atoms with Crippen molar-refractivity contribution in [2.24, 2.45) is 5.92 Å². The van der Waals surface area contributed by atoms with E-state index in [0.717, 1.165) is 0 Å². The third kappa shape index (κ3) is 6.85. The third-order valence-electron chi connectivity index (χ3n) is 1.67. The fraction of sp³-hybridized carbons (Fsp3) is 0.800. The molecule has 0 saturated heterocycles. The van der Waals surface area contributed by atoms with E-state index in [1.807, 2.05) is 20.8 Å². The van der Waals surface area contributed by atoms with Gasteiger partial charge in [-0.2, -0.15) is 0 Å². The highest BCUT2D eigenvalue weighted by atomic mass is 16.5. The molecule has 0 bridgehead atoms. The molecular formula is C10H21BO2. The summed E-state index contributed by atoms with van der Waals surface area (Å²) >= 11 is 0. The molecule has 1 N–H and O–H groups in total. The molecule has 3 unspecified atom stereocenters. The molecule has 0 amide bonds. The molecule has 13 heavy (non-hydrogen) atoms. The zero-order valence-corrected chi connectivity index (χ0v) is 9.32. The lowest BCUT2D eigenvalue weighted by atomic mass is 10.0. The summed E-state index contributed by atoms with van der Waals surface area (Å²) in [7, 11) is 2.02. The largest absolute Gasteiger partial charge is 0.389 e. The summed E-state index contributed by atoms with van der Waals surface area (Å²) in [6.07, 6.45) is 3.43. The average molecular weight is 184 g/mol. The van der Waals surface area contributed by atoms with E-state index in [0.29, 0.717) is 5.92 Å². The molecule has 0 spiro atoms. The number of aliphatic hydroxyl groups excluding tert-OH is 1. The van der Waals surface area contributed by atoms with Gasteiger partial charge in [0.2, 0.25) is 0 Å². The van der Waals surface area contributed by atoms with Crippen molar-refractivity contribution >= 4 is 7.85 Å². The van der Waals surface area contributed by atoms with Crippen LogP contribution in [0, 0.1) is 5.92 Å². The first kappa shape index (κ1) is 12.7. The van der Waals surface area contributed by atoms with Gasteiger partial charge in [-0.15, -0.1) is 0 Å². The van der Waals surface area contributed by atoms with E-state index in [2.05, 4.69) is 13.8 Å². The maximum Gasteiger partial charge on any atom is 0.138 e. The molecule has 0 fully saturated rings. The number of hydrogen-bond acceptors (Lipinski definition) is 2. The van der Waals surface area contributed by atoms with Crippen LogP contribution in [0.4, 0.5) is 0 Å². The first-order valence-corrected chi connectivity index (χ1v) is 4.95. The molecule has 0 saturated carbocycles. The standard InChI is InChI=1S/C10H21BO2/c1-7(2)10(13-9(4)11)6-5-8(3)12/h5-10,12H,11H2,1-4H3/b6-5+. The molecule has 0 aromatic carbocycles. The van der Waals surface area contributed by atoms with Crippen LogP contribution < -0.4 is 0 Å². The molecule has 0 aromatic heterocycles. The van der Waals surface area contributed by atoms with E-state index in [4.69, 9.17) is 9.84 Å². The van der Waals surface area contributed by atoms with Gasteiger partial charge in [0.1, 0.15) is 7.85 Å². The van der Waals surface area contributed by atoms with Crippen molar-refractivity contribution < 1.29 is 9.84 Å². The van der Waals surface area contributed by atoms with Crippen molar-refractivity contribution in [1.82, 2.24) is 0 Å². The topological polar surface area (TPSA) is 29.5 Å². The highest BCUT2D eigenvalue weighted by Gasteiger charge is 2.11. The molecule has 3 heteroatoms. The normalized spacial score (nSPS) is 19.2. The highest BCUT2D eigenvalue weighted by Crippen LogP contribution is 2.10. The monoisotopic (exact) mass is 184 g/mol. The van der Waals surface area contributed by atoms with Crippen LogP contribution in [0.25, 0.3) is 0 Å². The van der Waals surface area contributed by atoms with Gasteiger partial charge in [0.15, 0.2) is 0 Å². The minimum Gasteiger partial charge on any atom is -0.389 e. The first-order valence-electron chi connectivity index (χ1n) is 4.95. The fourth-order valence-corrected chi connectivity index (χ4v) is 1.01. The molecule has 0 aromatic rings. The first-order chi connectivity index (χ1) is 5.93. The minimum absolute atomic E-state index is 0.106. The van der Waals surface area contributed by atoms with Crippen molar-refractivity contribution in [3.8, 4) is 0 Å². The van der Waals surface area contributed by atoms with E-state index in [1.165, 1.54) is 0 Å². The van der Waals surface area contributed by atoms with Gasteiger partial charge in [0, 0.05) is 6.00 Å². The molecule has 0 radical (unpaired) electrons. The Morgan fingerprint density at radius 1 is 1.15 bits per heavy atom. The number of rotatable bonds is 5. The van der Waals surface area contributed by atoms with Crippen LogP contribution in [0.15, 0.2) is 12.2 Å². The quantitative estimate of drug-likeness (QED) is 0.509. The molecular weight excluding hydrogens is 163 g/mol. The van der Waals surface area contributed by atoms with Crippen LogP contribution in [-0.4, -0.2) is 31.2 Å².